The van der Waals surface area contributed by atoms with Gasteiger partial charge in [0.1, 0.15) is 5.75 Å². The van der Waals surface area contributed by atoms with Crippen molar-refractivity contribution in [1.82, 2.24) is 4.90 Å². The number of ether oxygens (including phenoxy) is 1. The molecule has 1 fully saturated rings. The normalized spacial score (nSPS) is 19.6. The molecule has 2 nitrogen and oxygen atoms in total. The van der Waals surface area contributed by atoms with Crippen molar-refractivity contribution in [3.8, 4) is 5.75 Å². The van der Waals surface area contributed by atoms with Gasteiger partial charge in [-0.15, -0.1) is 0 Å². The molecule has 20 heavy (non-hydrogen) atoms. The van der Waals surface area contributed by atoms with Crippen molar-refractivity contribution in [2.75, 3.05) is 13.1 Å². The molecule has 1 aliphatic rings. The Labute approximate surface area is 124 Å². The molecule has 1 aliphatic heterocycles. The zero-order valence-electron chi connectivity index (χ0n) is 13.3. The van der Waals surface area contributed by atoms with E-state index in [0.29, 0.717) is 12.1 Å². The number of benzene rings is 1. The molecule has 0 radical (unpaired) electrons. The first-order valence-electron chi connectivity index (χ1n) is 8.12. The molecule has 0 bridgehead atoms. The van der Waals surface area contributed by atoms with Crippen LogP contribution in [0.25, 0.3) is 0 Å². The van der Waals surface area contributed by atoms with Crippen LogP contribution < -0.4 is 4.74 Å². The predicted octanol–water partition coefficient (Wildman–Crippen LogP) is 4.42. The van der Waals surface area contributed by atoms with Gasteiger partial charge in [0.2, 0.25) is 0 Å². The summed E-state index contributed by atoms with van der Waals surface area (Å²) in [6, 6.07) is 9.05. The molecule has 0 N–H and O–H groups in total. The lowest BCUT2D eigenvalue weighted by Crippen LogP contribution is -2.37. The van der Waals surface area contributed by atoms with Gasteiger partial charge >= 0.3 is 0 Å². The summed E-state index contributed by atoms with van der Waals surface area (Å²) in [5, 5.41) is 0. The zero-order chi connectivity index (χ0) is 14.4. The number of hydrogen-bond donors (Lipinski definition) is 0. The first kappa shape index (κ1) is 15.4. The summed E-state index contributed by atoms with van der Waals surface area (Å²) in [7, 11) is 0. The molecular formula is C18H29NO. The highest BCUT2D eigenvalue weighted by atomic mass is 16.5. The standard InChI is InChI=1S/C18H29NO/c1-15-7-11-18(12-8-15)20-17(3)10-9-16(2)19-13-5-4-6-14-19/h7-8,11-12,16-17H,4-6,9-10,13-14H2,1-3H3/t16-,17+/m1/s1. The van der Waals surface area contributed by atoms with Gasteiger partial charge in [-0.05, 0) is 71.7 Å². The Hall–Kier alpha value is -1.02. The van der Waals surface area contributed by atoms with Crippen LogP contribution in [0.1, 0.15) is 51.5 Å². The Morgan fingerprint density at radius 3 is 2.30 bits per heavy atom. The second-order valence-corrected chi connectivity index (χ2v) is 6.26. The highest BCUT2D eigenvalue weighted by molar-refractivity contribution is 5.26. The summed E-state index contributed by atoms with van der Waals surface area (Å²) >= 11 is 0. The number of aryl methyl sites for hydroxylation is 1. The fourth-order valence-electron chi connectivity index (χ4n) is 2.93. The van der Waals surface area contributed by atoms with Gasteiger partial charge in [-0.3, -0.25) is 0 Å². The lowest BCUT2D eigenvalue weighted by Gasteiger charge is -2.32. The van der Waals surface area contributed by atoms with Gasteiger partial charge in [-0.2, -0.15) is 0 Å². The minimum Gasteiger partial charge on any atom is -0.491 e. The smallest absolute Gasteiger partial charge is 0.119 e. The molecule has 1 heterocycles. The van der Waals surface area contributed by atoms with Crippen molar-refractivity contribution >= 4 is 0 Å². The first-order valence-corrected chi connectivity index (χ1v) is 8.12. The molecule has 1 aromatic rings. The average molecular weight is 275 g/mol. The van der Waals surface area contributed by atoms with Crippen molar-refractivity contribution < 1.29 is 4.74 Å². The topological polar surface area (TPSA) is 12.5 Å². The summed E-state index contributed by atoms with van der Waals surface area (Å²) in [5.74, 6) is 0.994. The third-order valence-corrected chi connectivity index (χ3v) is 4.36. The van der Waals surface area contributed by atoms with E-state index in [4.69, 9.17) is 4.74 Å². The highest BCUT2D eigenvalue weighted by Crippen LogP contribution is 2.18. The number of likely N-dealkylation sites (tertiary alicyclic amines) is 1. The first-order chi connectivity index (χ1) is 9.65. The van der Waals surface area contributed by atoms with E-state index in [0.717, 1.165) is 12.2 Å². The second-order valence-electron chi connectivity index (χ2n) is 6.26. The van der Waals surface area contributed by atoms with E-state index in [1.807, 2.05) is 0 Å². The molecule has 1 saturated heterocycles. The van der Waals surface area contributed by atoms with Crippen LogP contribution in [0.5, 0.6) is 5.75 Å². The molecule has 1 aromatic carbocycles. The van der Waals surface area contributed by atoms with E-state index >= 15 is 0 Å². The summed E-state index contributed by atoms with van der Waals surface area (Å²) in [5.41, 5.74) is 1.28. The third kappa shape index (κ3) is 4.82. The molecule has 2 rings (SSSR count). The van der Waals surface area contributed by atoms with E-state index in [2.05, 4.69) is 49.9 Å². The van der Waals surface area contributed by atoms with Crippen LogP contribution in [0.2, 0.25) is 0 Å². The second kappa shape index (κ2) is 7.68. The Morgan fingerprint density at radius 2 is 1.65 bits per heavy atom. The molecule has 2 heteroatoms. The fraction of sp³-hybridized carbons (Fsp3) is 0.667. The number of rotatable bonds is 6. The molecule has 0 saturated carbocycles. The molecule has 0 aromatic heterocycles. The average Bonchev–Trinajstić information content (AvgIpc) is 2.48. The van der Waals surface area contributed by atoms with Crippen LogP contribution in [-0.2, 0) is 0 Å². The Kier molecular flexibility index (Phi) is 5.90. The van der Waals surface area contributed by atoms with Gasteiger partial charge < -0.3 is 9.64 Å². The summed E-state index contributed by atoms with van der Waals surface area (Å²) in [4.78, 5) is 2.64. The molecule has 112 valence electrons. The zero-order valence-corrected chi connectivity index (χ0v) is 13.3. The van der Waals surface area contributed by atoms with Crippen molar-refractivity contribution in [3.05, 3.63) is 29.8 Å². The van der Waals surface area contributed by atoms with Crippen LogP contribution >= 0.6 is 0 Å². The van der Waals surface area contributed by atoms with Crippen molar-refractivity contribution in [3.63, 3.8) is 0 Å². The minimum atomic E-state index is 0.296. The van der Waals surface area contributed by atoms with Crippen LogP contribution in [0.15, 0.2) is 24.3 Å². The number of piperidine rings is 1. The Morgan fingerprint density at radius 1 is 1.00 bits per heavy atom. The molecule has 0 aliphatic carbocycles. The van der Waals surface area contributed by atoms with E-state index in [1.54, 1.807) is 0 Å². The summed E-state index contributed by atoms with van der Waals surface area (Å²) in [6.07, 6.45) is 6.82. The lowest BCUT2D eigenvalue weighted by atomic mass is 10.0. The molecule has 0 unspecified atom stereocenters. The minimum absolute atomic E-state index is 0.296. The van der Waals surface area contributed by atoms with Crippen LogP contribution in [0.3, 0.4) is 0 Å². The molecule has 0 spiro atoms. The van der Waals surface area contributed by atoms with E-state index < -0.39 is 0 Å². The van der Waals surface area contributed by atoms with Crippen molar-refractivity contribution in [2.24, 2.45) is 0 Å². The Bertz CT molecular complexity index is 381. The van der Waals surface area contributed by atoms with Gasteiger partial charge in [0.15, 0.2) is 0 Å². The van der Waals surface area contributed by atoms with E-state index in [-0.39, 0.29) is 0 Å². The molecule has 2 atom stereocenters. The van der Waals surface area contributed by atoms with Crippen LogP contribution in [0, 0.1) is 6.92 Å². The van der Waals surface area contributed by atoms with Crippen LogP contribution in [0.4, 0.5) is 0 Å². The SMILES string of the molecule is Cc1ccc(O[C@@H](C)CC[C@@H](C)N2CCCCC2)cc1. The van der Waals surface area contributed by atoms with E-state index in [9.17, 15) is 0 Å². The molecular weight excluding hydrogens is 246 g/mol. The van der Waals surface area contributed by atoms with E-state index in [1.165, 1.54) is 44.3 Å². The van der Waals surface area contributed by atoms with Crippen molar-refractivity contribution in [1.29, 1.82) is 0 Å². The number of nitrogens with zero attached hydrogens (tertiary/aromatic N) is 1. The maximum Gasteiger partial charge on any atom is 0.119 e. The summed E-state index contributed by atoms with van der Waals surface area (Å²) < 4.78 is 5.99. The monoisotopic (exact) mass is 275 g/mol. The number of hydrogen-bond acceptors (Lipinski definition) is 2. The summed E-state index contributed by atoms with van der Waals surface area (Å²) in [6.45, 7) is 9.23. The van der Waals surface area contributed by atoms with Gasteiger partial charge in [-0.25, -0.2) is 0 Å². The maximum absolute atomic E-state index is 5.99. The third-order valence-electron chi connectivity index (χ3n) is 4.36. The van der Waals surface area contributed by atoms with Crippen LogP contribution in [-0.4, -0.2) is 30.1 Å². The van der Waals surface area contributed by atoms with Gasteiger partial charge in [0, 0.05) is 6.04 Å². The lowest BCUT2D eigenvalue weighted by molar-refractivity contribution is 0.142. The Balaban J connectivity index is 1.71. The van der Waals surface area contributed by atoms with Gasteiger partial charge in [-0.1, -0.05) is 24.1 Å². The molecule has 0 amide bonds. The van der Waals surface area contributed by atoms with Gasteiger partial charge in [0.05, 0.1) is 6.10 Å². The van der Waals surface area contributed by atoms with Gasteiger partial charge in [0.25, 0.3) is 0 Å². The fourth-order valence-corrected chi connectivity index (χ4v) is 2.93. The highest BCUT2D eigenvalue weighted by Gasteiger charge is 2.17. The quantitative estimate of drug-likeness (QED) is 0.762. The predicted molar refractivity (Wildman–Crippen MR) is 85.4 cm³/mol. The van der Waals surface area contributed by atoms with Crippen molar-refractivity contribution in [2.45, 2.75) is 65.0 Å². The maximum atomic E-state index is 5.99. The largest absolute Gasteiger partial charge is 0.491 e.